The van der Waals surface area contributed by atoms with Gasteiger partial charge in [0.2, 0.25) is 0 Å². The summed E-state index contributed by atoms with van der Waals surface area (Å²) in [4.78, 5) is 29.6. The third-order valence-corrected chi connectivity index (χ3v) is 7.85. The van der Waals surface area contributed by atoms with Crippen LogP contribution >= 0.6 is 11.8 Å². The van der Waals surface area contributed by atoms with Gasteiger partial charge in [0.1, 0.15) is 0 Å². The summed E-state index contributed by atoms with van der Waals surface area (Å²) in [6.07, 6.45) is -7.84. The Morgan fingerprint density at radius 3 is 2.55 bits per heavy atom. The Morgan fingerprint density at radius 1 is 1.12 bits per heavy atom. The molecule has 0 spiro atoms. The van der Waals surface area contributed by atoms with Gasteiger partial charge in [-0.25, -0.2) is 4.79 Å². The molecule has 3 N–H and O–H groups in total. The number of nitrogens with zero attached hydrogens (tertiary/aromatic N) is 4. The second-order valence-corrected chi connectivity index (χ2v) is 10.7. The molecule has 0 saturated carbocycles. The molecule has 16 heteroatoms. The first-order valence-corrected chi connectivity index (χ1v) is 13.2. The average molecular weight is 614 g/mol. The lowest BCUT2D eigenvalue weighted by Crippen LogP contribution is -2.38. The third kappa shape index (κ3) is 6.09. The highest BCUT2D eigenvalue weighted by Gasteiger charge is 2.39. The van der Waals surface area contributed by atoms with Crippen molar-refractivity contribution in [3.8, 4) is 0 Å². The fourth-order valence-electron chi connectivity index (χ4n) is 4.91. The Morgan fingerprint density at radius 2 is 1.88 bits per heavy atom. The van der Waals surface area contributed by atoms with Crippen LogP contribution in [0.5, 0.6) is 0 Å². The van der Waals surface area contributed by atoms with Crippen LogP contribution in [0.15, 0.2) is 52.5 Å². The number of carbonyl (C=O) groups excluding carboxylic acids is 1. The zero-order chi connectivity index (χ0) is 30.4. The number of aliphatic hydroxyl groups excluding tert-OH is 1. The Kier molecular flexibility index (Phi) is 7.70. The van der Waals surface area contributed by atoms with Crippen molar-refractivity contribution in [1.29, 1.82) is 0 Å². The molecule has 42 heavy (non-hydrogen) atoms. The van der Waals surface area contributed by atoms with E-state index in [2.05, 4.69) is 15.4 Å². The molecule has 5 rings (SSSR count). The van der Waals surface area contributed by atoms with Gasteiger partial charge >= 0.3 is 18.4 Å². The molecule has 2 atom stereocenters. The number of carboxylic acid groups (broad SMARTS) is 1. The number of fused-ring (bicyclic) bond motifs is 1. The summed E-state index contributed by atoms with van der Waals surface area (Å²) in [6, 6.07) is 5.43. The molecule has 2 amide bonds. The van der Waals surface area contributed by atoms with E-state index < -0.39 is 54.1 Å². The Labute approximate surface area is 237 Å². The number of rotatable bonds is 5. The Hall–Kier alpha value is -4.05. The molecule has 1 fully saturated rings. The van der Waals surface area contributed by atoms with Crippen LogP contribution in [0.2, 0.25) is 0 Å². The van der Waals surface area contributed by atoms with Crippen LogP contribution in [0.25, 0.3) is 17.0 Å². The van der Waals surface area contributed by atoms with Crippen molar-refractivity contribution in [1.82, 2.24) is 20.0 Å². The zero-order valence-corrected chi connectivity index (χ0v) is 22.1. The maximum Gasteiger partial charge on any atom is 0.416 e. The van der Waals surface area contributed by atoms with Crippen LogP contribution in [0.3, 0.4) is 0 Å². The number of aliphatic imine (C=N–C) groups is 1. The molecule has 1 aromatic heterocycles. The predicted molar refractivity (Wildman–Crippen MR) is 140 cm³/mol. The van der Waals surface area contributed by atoms with Crippen molar-refractivity contribution in [2.45, 2.75) is 37.4 Å². The number of hydrogen-bond acceptors (Lipinski definition) is 6. The van der Waals surface area contributed by atoms with E-state index in [4.69, 9.17) is 5.11 Å². The van der Waals surface area contributed by atoms with Crippen molar-refractivity contribution < 1.29 is 46.1 Å². The topological polar surface area (TPSA) is 120 Å². The number of benzene rings is 2. The molecule has 0 bridgehead atoms. The number of hydrogen-bond donors (Lipinski definition) is 3. The molecular formula is C26H21F6N5O4S. The highest BCUT2D eigenvalue weighted by atomic mass is 32.2. The predicted octanol–water partition coefficient (Wildman–Crippen LogP) is 4.80. The molecule has 0 aliphatic carbocycles. The van der Waals surface area contributed by atoms with E-state index in [-0.39, 0.29) is 29.7 Å². The summed E-state index contributed by atoms with van der Waals surface area (Å²) in [6.45, 7) is -0.464. The molecule has 2 aliphatic heterocycles. The lowest BCUT2D eigenvalue weighted by molar-refractivity contribution is -0.143. The van der Waals surface area contributed by atoms with Gasteiger partial charge < -0.3 is 20.4 Å². The molecule has 2 aromatic carbocycles. The molecule has 9 nitrogen and oxygen atoms in total. The highest BCUT2D eigenvalue weighted by Crippen LogP contribution is 2.38. The van der Waals surface area contributed by atoms with Gasteiger partial charge in [-0.2, -0.15) is 36.4 Å². The molecular weight excluding hydrogens is 592 g/mol. The number of aromatic nitrogens is 2. The third-order valence-electron chi connectivity index (χ3n) is 6.83. The molecule has 0 unspecified atom stereocenters. The lowest BCUT2D eigenvalue weighted by atomic mass is 10.0. The number of aliphatic hydroxyl groups is 1. The summed E-state index contributed by atoms with van der Waals surface area (Å²) in [5.41, 5.74) is -2.20. The number of amides is 2. The van der Waals surface area contributed by atoms with Crippen LogP contribution in [-0.2, 0) is 23.7 Å². The van der Waals surface area contributed by atoms with E-state index in [1.165, 1.54) is 10.9 Å². The van der Waals surface area contributed by atoms with E-state index in [0.29, 0.717) is 34.1 Å². The maximum atomic E-state index is 13.6. The van der Waals surface area contributed by atoms with E-state index in [1.54, 1.807) is 29.2 Å². The smallest absolute Gasteiger partial charge is 0.416 e. The van der Waals surface area contributed by atoms with Crippen LogP contribution in [0, 0.1) is 0 Å². The molecule has 1 saturated heterocycles. The van der Waals surface area contributed by atoms with Crippen molar-refractivity contribution in [2.24, 2.45) is 4.99 Å². The van der Waals surface area contributed by atoms with Crippen molar-refractivity contribution in [3.63, 3.8) is 0 Å². The SMILES string of the molecule is O=C(O)N[C@@H]1C[C@H](CO)N(C2=NC(=O)C(=Cc3ccc4c(cnn4Cc4ccc(C(F)(F)F)cc4C(F)(F)F)c3)S2)C1. The summed E-state index contributed by atoms with van der Waals surface area (Å²) in [5, 5.41) is 26.0. The van der Waals surface area contributed by atoms with Crippen LogP contribution in [0.4, 0.5) is 31.1 Å². The van der Waals surface area contributed by atoms with E-state index >= 15 is 0 Å². The van der Waals surface area contributed by atoms with Gasteiger partial charge in [0, 0.05) is 11.9 Å². The standard InChI is InChI=1S/C26H21F6N5O4S/c27-25(28,29)16-3-2-14(19(7-16)26(30,31)32)10-37-20-4-1-13(5-15(20)9-33-37)6-21-22(39)35-23(42-21)36-11-17(34-24(40)41)8-18(36)12-38/h1-7,9,17-18,34,38H,8,10-12H2,(H,40,41)/t17-,18-/m1/s1. The maximum absolute atomic E-state index is 13.6. The van der Waals surface area contributed by atoms with Crippen LogP contribution in [-0.4, -0.2) is 67.3 Å². The second kappa shape index (κ2) is 11.0. The van der Waals surface area contributed by atoms with Crippen molar-refractivity contribution in [2.75, 3.05) is 13.2 Å². The van der Waals surface area contributed by atoms with Gasteiger partial charge in [0.05, 0.1) is 53.0 Å². The molecule has 0 radical (unpaired) electrons. The zero-order valence-electron chi connectivity index (χ0n) is 21.3. The average Bonchev–Trinajstić information content (AvgIpc) is 3.59. The summed E-state index contributed by atoms with van der Waals surface area (Å²) >= 11 is 1.06. The number of amidine groups is 1. The van der Waals surface area contributed by atoms with Crippen molar-refractivity contribution in [3.05, 3.63) is 69.8 Å². The van der Waals surface area contributed by atoms with E-state index in [1.807, 2.05) is 0 Å². The van der Waals surface area contributed by atoms with E-state index in [0.717, 1.165) is 17.8 Å². The quantitative estimate of drug-likeness (QED) is 0.280. The molecule has 2 aliphatic rings. The number of halogens is 6. The van der Waals surface area contributed by atoms with Gasteiger partial charge in [-0.05, 0) is 59.7 Å². The number of alkyl halides is 6. The fraction of sp³-hybridized carbons (Fsp3) is 0.308. The van der Waals surface area contributed by atoms with Crippen LogP contribution < -0.4 is 5.32 Å². The van der Waals surface area contributed by atoms with Crippen molar-refractivity contribution >= 4 is 45.9 Å². The largest absolute Gasteiger partial charge is 0.465 e. The Bertz CT molecular complexity index is 1620. The first-order chi connectivity index (χ1) is 19.7. The highest BCUT2D eigenvalue weighted by molar-refractivity contribution is 8.18. The monoisotopic (exact) mass is 613 g/mol. The van der Waals surface area contributed by atoms with E-state index in [9.17, 15) is 41.0 Å². The first-order valence-electron chi connectivity index (χ1n) is 12.4. The molecule has 3 heterocycles. The molecule has 3 aromatic rings. The number of nitrogens with one attached hydrogen (secondary N) is 1. The number of carbonyl (C=O) groups is 2. The van der Waals surface area contributed by atoms with Gasteiger partial charge in [0.25, 0.3) is 5.91 Å². The number of likely N-dealkylation sites (tertiary alicyclic amines) is 1. The van der Waals surface area contributed by atoms with Gasteiger partial charge in [-0.3, -0.25) is 9.48 Å². The van der Waals surface area contributed by atoms with Gasteiger partial charge in [-0.15, -0.1) is 0 Å². The molecule has 222 valence electrons. The normalized spacial score (nSPS) is 20.5. The number of thioether (sulfide) groups is 1. The minimum atomic E-state index is -5.01. The summed E-state index contributed by atoms with van der Waals surface area (Å²) < 4.78 is 81.1. The summed E-state index contributed by atoms with van der Waals surface area (Å²) in [7, 11) is 0. The second-order valence-electron chi connectivity index (χ2n) is 9.67. The fourth-order valence-corrected chi connectivity index (χ4v) is 5.91. The minimum Gasteiger partial charge on any atom is -0.465 e. The van der Waals surface area contributed by atoms with Crippen LogP contribution in [0.1, 0.15) is 28.7 Å². The van der Waals surface area contributed by atoms with Gasteiger partial charge in [0.15, 0.2) is 5.17 Å². The minimum absolute atomic E-state index is 0.0889. The first kappa shape index (κ1) is 29.4. The lowest BCUT2D eigenvalue weighted by Gasteiger charge is -2.23. The Balaban J connectivity index is 1.35. The summed E-state index contributed by atoms with van der Waals surface area (Å²) in [5.74, 6) is -0.529. The van der Waals surface area contributed by atoms with Gasteiger partial charge in [-0.1, -0.05) is 12.1 Å².